The summed E-state index contributed by atoms with van der Waals surface area (Å²) in [6.07, 6.45) is 0. The fourth-order valence-corrected chi connectivity index (χ4v) is 2.03. The van der Waals surface area contributed by atoms with Crippen LogP contribution >= 0.6 is 11.3 Å². The highest BCUT2D eigenvalue weighted by Crippen LogP contribution is 2.23. The Morgan fingerprint density at radius 3 is 2.79 bits per heavy atom. The fraction of sp³-hybridized carbons (Fsp3) is 0.364. The van der Waals surface area contributed by atoms with Gasteiger partial charge < -0.3 is 5.32 Å². The maximum absolute atomic E-state index is 4.29. The molecule has 1 N–H and O–H groups in total. The quantitative estimate of drug-likeness (QED) is 0.772. The third-order valence-corrected chi connectivity index (χ3v) is 2.66. The van der Waals surface area contributed by atoms with E-state index in [2.05, 4.69) is 49.3 Å². The van der Waals surface area contributed by atoms with Crippen molar-refractivity contribution in [3.8, 4) is 0 Å². The summed E-state index contributed by atoms with van der Waals surface area (Å²) in [7, 11) is 0. The Kier molecular flexibility index (Phi) is 2.19. The van der Waals surface area contributed by atoms with Crippen LogP contribution in [0, 0.1) is 0 Å². The number of nitrogens with zero attached hydrogens (tertiary/aromatic N) is 1. The maximum Gasteiger partial charge on any atom is 0.0832 e. The molecule has 0 bridgehead atoms. The molecule has 0 saturated heterocycles. The molecule has 2 aromatic rings. The van der Waals surface area contributed by atoms with E-state index in [0.717, 1.165) is 11.2 Å². The molecule has 74 valence electrons. The van der Waals surface area contributed by atoms with Gasteiger partial charge in [-0.3, -0.25) is 0 Å². The van der Waals surface area contributed by atoms with Gasteiger partial charge in [0.2, 0.25) is 0 Å². The van der Waals surface area contributed by atoms with E-state index < -0.39 is 0 Å². The molecule has 0 unspecified atom stereocenters. The first kappa shape index (κ1) is 9.46. The molecule has 2 nitrogen and oxygen atoms in total. The van der Waals surface area contributed by atoms with Gasteiger partial charge in [0.15, 0.2) is 0 Å². The van der Waals surface area contributed by atoms with Crippen molar-refractivity contribution in [1.82, 2.24) is 4.98 Å². The summed E-state index contributed by atoms with van der Waals surface area (Å²) >= 11 is 1.68. The van der Waals surface area contributed by atoms with E-state index in [-0.39, 0.29) is 5.54 Å². The van der Waals surface area contributed by atoms with E-state index in [1.165, 1.54) is 4.70 Å². The second-order valence-electron chi connectivity index (χ2n) is 4.41. The molecule has 0 aliphatic heterocycles. The number of benzene rings is 1. The van der Waals surface area contributed by atoms with Crippen molar-refractivity contribution in [1.29, 1.82) is 0 Å². The molecular weight excluding hydrogens is 192 g/mol. The second-order valence-corrected chi connectivity index (χ2v) is 5.30. The van der Waals surface area contributed by atoms with Crippen molar-refractivity contribution in [2.24, 2.45) is 0 Å². The zero-order valence-corrected chi connectivity index (χ0v) is 9.48. The van der Waals surface area contributed by atoms with E-state index in [9.17, 15) is 0 Å². The highest BCUT2D eigenvalue weighted by molar-refractivity contribution is 7.16. The number of rotatable bonds is 1. The van der Waals surface area contributed by atoms with Crippen LogP contribution in [0.25, 0.3) is 10.2 Å². The normalized spacial score (nSPS) is 11.9. The minimum Gasteiger partial charge on any atom is -0.380 e. The maximum atomic E-state index is 4.29. The van der Waals surface area contributed by atoms with Gasteiger partial charge in [0, 0.05) is 11.2 Å². The Bertz CT molecular complexity index is 440. The zero-order chi connectivity index (χ0) is 10.2. The topological polar surface area (TPSA) is 24.9 Å². The number of thiazole rings is 1. The third-order valence-electron chi connectivity index (χ3n) is 1.85. The van der Waals surface area contributed by atoms with Gasteiger partial charge in [0.25, 0.3) is 0 Å². The molecule has 3 heteroatoms. The first-order valence-corrected chi connectivity index (χ1v) is 5.54. The zero-order valence-electron chi connectivity index (χ0n) is 8.66. The van der Waals surface area contributed by atoms with Gasteiger partial charge in [0.1, 0.15) is 0 Å². The average molecular weight is 206 g/mol. The van der Waals surface area contributed by atoms with Crippen molar-refractivity contribution >= 4 is 27.2 Å². The van der Waals surface area contributed by atoms with E-state index >= 15 is 0 Å². The Morgan fingerprint density at radius 2 is 2.07 bits per heavy atom. The number of fused-ring (bicyclic) bond motifs is 1. The Morgan fingerprint density at radius 1 is 1.29 bits per heavy atom. The molecule has 0 spiro atoms. The first-order chi connectivity index (χ1) is 6.54. The molecule has 0 aliphatic rings. The lowest BCUT2D eigenvalue weighted by Crippen LogP contribution is -2.25. The molecule has 0 radical (unpaired) electrons. The molecule has 0 amide bonds. The lowest BCUT2D eigenvalue weighted by molar-refractivity contribution is 0.634. The van der Waals surface area contributed by atoms with Crippen molar-refractivity contribution in [2.75, 3.05) is 5.32 Å². The highest BCUT2D eigenvalue weighted by atomic mass is 32.1. The average Bonchev–Trinajstić information content (AvgIpc) is 2.47. The van der Waals surface area contributed by atoms with Gasteiger partial charge in [-0.05, 0) is 39.0 Å². The monoisotopic (exact) mass is 206 g/mol. The summed E-state index contributed by atoms with van der Waals surface area (Å²) in [5.41, 5.74) is 4.19. The summed E-state index contributed by atoms with van der Waals surface area (Å²) in [5.74, 6) is 0. The van der Waals surface area contributed by atoms with Gasteiger partial charge in [-0.25, -0.2) is 4.98 Å². The molecular formula is C11H14N2S. The van der Waals surface area contributed by atoms with Crippen LogP contribution in [0.5, 0.6) is 0 Å². The molecule has 1 heterocycles. The molecule has 0 atom stereocenters. The lowest BCUT2D eigenvalue weighted by atomic mass is 10.1. The van der Waals surface area contributed by atoms with Crippen molar-refractivity contribution < 1.29 is 0 Å². The van der Waals surface area contributed by atoms with Gasteiger partial charge in [0.05, 0.1) is 15.7 Å². The third kappa shape index (κ3) is 2.04. The van der Waals surface area contributed by atoms with Crippen LogP contribution in [0.2, 0.25) is 0 Å². The van der Waals surface area contributed by atoms with Crippen LogP contribution in [-0.4, -0.2) is 10.5 Å². The van der Waals surface area contributed by atoms with E-state index in [1.807, 2.05) is 5.51 Å². The summed E-state index contributed by atoms with van der Waals surface area (Å²) in [4.78, 5) is 4.29. The Balaban J connectivity index is 2.35. The number of aromatic nitrogens is 1. The van der Waals surface area contributed by atoms with Crippen LogP contribution in [0.4, 0.5) is 5.69 Å². The number of hydrogen-bond donors (Lipinski definition) is 1. The fourth-order valence-electron chi connectivity index (χ4n) is 1.37. The van der Waals surface area contributed by atoms with E-state index in [4.69, 9.17) is 0 Å². The Hall–Kier alpha value is -1.09. The first-order valence-electron chi connectivity index (χ1n) is 4.66. The van der Waals surface area contributed by atoms with Crippen LogP contribution < -0.4 is 5.32 Å². The van der Waals surface area contributed by atoms with E-state index in [1.54, 1.807) is 11.3 Å². The Labute approximate surface area is 88.0 Å². The van der Waals surface area contributed by atoms with Gasteiger partial charge >= 0.3 is 0 Å². The number of hydrogen-bond acceptors (Lipinski definition) is 3. The SMILES string of the molecule is CC(C)(C)Nc1ccc2scnc2c1. The summed E-state index contributed by atoms with van der Waals surface area (Å²) < 4.78 is 1.24. The van der Waals surface area contributed by atoms with E-state index in [0.29, 0.717) is 0 Å². The molecule has 1 aromatic heterocycles. The van der Waals surface area contributed by atoms with Crippen LogP contribution in [0.15, 0.2) is 23.7 Å². The van der Waals surface area contributed by atoms with Crippen LogP contribution in [0.1, 0.15) is 20.8 Å². The summed E-state index contributed by atoms with van der Waals surface area (Å²) in [5, 5.41) is 3.43. The van der Waals surface area contributed by atoms with Crippen molar-refractivity contribution in [2.45, 2.75) is 26.3 Å². The molecule has 0 fully saturated rings. The minimum absolute atomic E-state index is 0.101. The lowest BCUT2D eigenvalue weighted by Gasteiger charge is -2.21. The van der Waals surface area contributed by atoms with Crippen molar-refractivity contribution in [3.05, 3.63) is 23.7 Å². The summed E-state index contributed by atoms with van der Waals surface area (Å²) in [6.45, 7) is 6.45. The predicted octanol–water partition coefficient (Wildman–Crippen LogP) is 3.51. The molecule has 0 saturated carbocycles. The second kappa shape index (κ2) is 3.24. The van der Waals surface area contributed by atoms with Crippen molar-refractivity contribution in [3.63, 3.8) is 0 Å². The van der Waals surface area contributed by atoms with Crippen LogP contribution in [0.3, 0.4) is 0 Å². The largest absolute Gasteiger partial charge is 0.380 e. The molecule has 0 aliphatic carbocycles. The van der Waals surface area contributed by atoms with Gasteiger partial charge in [-0.15, -0.1) is 11.3 Å². The molecule has 14 heavy (non-hydrogen) atoms. The predicted molar refractivity (Wildman–Crippen MR) is 63.0 cm³/mol. The molecule has 1 aromatic carbocycles. The standard InChI is InChI=1S/C11H14N2S/c1-11(2,3)13-8-4-5-10-9(6-8)12-7-14-10/h4-7,13H,1-3H3. The van der Waals surface area contributed by atoms with Crippen LogP contribution in [-0.2, 0) is 0 Å². The van der Waals surface area contributed by atoms with Gasteiger partial charge in [-0.1, -0.05) is 0 Å². The highest BCUT2D eigenvalue weighted by Gasteiger charge is 2.09. The number of nitrogens with one attached hydrogen (secondary N) is 1. The molecule has 2 rings (SSSR count). The van der Waals surface area contributed by atoms with Gasteiger partial charge in [-0.2, -0.15) is 0 Å². The smallest absolute Gasteiger partial charge is 0.0832 e. The minimum atomic E-state index is 0.101. The summed E-state index contributed by atoms with van der Waals surface area (Å²) in [6, 6.07) is 6.31. The number of anilines is 1.